The van der Waals surface area contributed by atoms with Gasteiger partial charge in [0, 0.05) is 0 Å². The molecular formula is C24H50N+. The third kappa shape index (κ3) is 14.5. The van der Waals surface area contributed by atoms with Gasteiger partial charge in [-0.3, -0.25) is 0 Å². The predicted molar refractivity (Wildman–Crippen MR) is 116 cm³/mol. The standard InChI is InChI=1S/C24H50N/c1-6-9-10-11-12-13-14-15-16-17-18-19-20-21-22-23-24(7-2)25(4,5)8-3/h15-16,24H,6-14,17-23H2,1-5H3/q+1/b16-15+. The molecule has 0 amide bonds. The van der Waals surface area contributed by atoms with Crippen LogP contribution in [0.15, 0.2) is 12.2 Å². The average Bonchev–Trinajstić information content (AvgIpc) is 2.61. The van der Waals surface area contributed by atoms with Gasteiger partial charge < -0.3 is 4.48 Å². The van der Waals surface area contributed by atoms with E-state index in [1.54, 1.807) is 0 Å². The summed E-state index contributed by atoms with van der Waals surface area (Å²) in [6.45, 7) is 8.22. The smallest absolute Gasteiger partial charge is 0.0883 e. The zero-order valence-electron chi connectivity index (χ0n) is 18.5. The molecule has 0 aromatic carbocycles. The highest BCUT2D eigenvalue weighted by Gasteiger charge is 2.23. The van der Waals surface area contributed by atoms with Crippen LogP contribution in [0.25, 0.3) is 0 Å². The summed E-state index contributed by atoms with van der Waals surface area (Å²) in [6.07, 6.45) is 25.8. The fourth-order valence-corrected chi connectivity index (χ4v) is 3.76. The van der Waals surface area contributed by atoms with Crippen LogP contribution >= 0.6 is 0 Å². The molecule has 0 aliphatic carbocycles. The Labute approximate surface area is 160 Å². The van der Waals surface area contributed by atoms with Gasteiger partial charge in [0.15, 0.2) is 0 Å². The molecule has 0 rings (SSSR count). The highest BCUT2D eigenvalue weighted by atomic mass is 15.3. The maximum absolute atomic E-state index is 2.43. The van der Waals surface area contributed by atoms with Crippen LogP contribution in [0.5, 0.6) is 0 Å². The van der Waals surface area contributed by atoms with Crippen LogP contribution in [-0.2, 0) is 0 Å². The fourth-order valence-electron chi connectivity index (χ4n) is 3.76. The first-order valence-corrected chi connectivity index (χ1v) is 11.6. The van der Waals surface area contributed by atoms with E-state index in [1.165, 1.54) is 107 Å². The van der Waals surface area contributed by atoms with Gasteiger partial charge in [0.05, 0.1) is 26.7 Å². The summed E-state index contributed by atoms with van der Waals surface area (Å²) in [5.41, 5.74) is 0. The Bertz CT molecular complexity index is 292. The van der Waals surface area contributed by atoms with Crippen LogP contribution in [0.4, 0.5) is 0 Å². The molecule has 0 spiro atoms. The van der Waals surface area contributed by atoms with E-state index in [0.29, 0.717) is 0 Å². The van der Waals surface area contributed by atoms with Gasteiger partial charge >= 0.3 is 0 Å². The molecule has 0 radical (unpaired) electrons. The predicted octanol–water partition coefficient (Wildman–Crippen LogP) is 7.90. The molecule has 25 heavy (non-hydrogen) atoms. The quantitative estimate of drug-likeness (QED) is 0.134. The highest BCUT2D eigenvalue weighted by Crippen LogP contribution is 2.18. The molecule has 150 valence electrons. The molecule has 0 heterocycles. The minimum atomic E-state index is 0.856. The van der Waals surface area contributed by atoms with Crippen LogP contribution in [0.1, 0.15) is 117 Å². The van der Waals surface area contributed by atoms with E-state index < -0.39 is 0 Å². The molecule has 0 bridgehead atoms. The molecule has 0 aliphatic heterocycles. The lowest BCUT2D eigenvalue weighted by Crippen LogP contribution is -2.48. The molecule has 0 aromatic heterocycles. The second-order valence-corrected chi connectivity index (χ2v) is 8.53. The fraction of sp³-hybridized carbons (Fsp3) is 0.917. The monoisotopic (exact) mass is 352 g/mol. The van der Waals surface area contributed by atoms with Crippen molar-refractivity contribution in [1.29, 1.82) is 0 Å². The van der Waals surface area contributed by atoms with Gasteiger partial charge in [-0.05, 0) is 51.9 Å². The Morgan fingerprint density at radius 1 is 0.640 bits per heavy atom. The number of rotatable bonds is 18. The minimum absolute atomic E-state index is 0.856. The zero-order chi connectivity index (χ0) is 18.8. The molecule has 0 saturated heterocycles. The lowest BCUT2D eigenvalue weighted by molar-refractivity contribution is -0.914. The summed E-state index contributed by atoms with van der Waals surface area (Å²) >= 11 is 0. The number of unbranched alkanes of at least 4 members (excludes halogenated alkanes) is 11. The molecule has 0 aliphatic rings. The van der Waals surface area contributed by atoms with Crippen molar-refractivity contribution in [3.05, 3.63) is 12.2 Å². The molecule has 1 atom stereocenters. The third-order valence-corrected chi connectivity index (χ3v) is 6.07. The second kappa shape index (κ2) is 17.1. The van der Waals surface area contributed by atoms with Crippen LogP contribution < -0.4 is 0 Å². The summed E-state index contributed by atoms with van der Waals surface area (Å²) < 4.78 is 1.19. The SMILES string of the molecule is CCCCCCCC/C=C/CCCCCCCC(CC)[N+](C)(C)CC. The maximum atomic E-state index is 2.43. The molecule has 1 nitrogen and oxygen atoms in total. The number of hydrogen-bond acceptors (Lipinski definition) is 0. The van der Waals surface area contributed by atoms with Crippen molar-refractivity contribution in [3.63, 3.8) is 0 Å². The first-order chi connectivity index (χ1) is 12.1. The van der Waals surface area contributed by atoms with E-state index in [-0.39, 0.29) is 0 Å². The average molecular weight is 353 g/mol. The van der Waals surface area contributed by atoms with Crippen LogP contribution in [0.3, 0.4) is 0 Å². The normalized spacial score (nSPS) is 13.6. The number of quaternary nitrogens is 1. The Hall–Kier alpha value is -0.300. The van der Waals surface area contributed by atoms with Crippen molar-refractivity contribution < 1.29 is 4.48 Å². The van der Waals surface area contributed by atoms with E-state index in [9.17, 15) is 0 Å². The van der Waals surface area contributed by atoms with Crippen molar-refractivity contribution in [1.82, 2.24) is 0 Å². The molecule has 0 N–H and O–H groups in total. The van der Waals surface area contributed by atoms with E-state index in [0.717, 1.165) is 6.04 Å². The minimum Gasteiger partial charge on any atom is -0.326 e. The lowest BCUT2D eigenvalue weighted by atomic mass is 10.0. The zero-order valence-corrected chi connectivity index (χ0v) is 18.5. The molecule has 0 fully saturated rings. The summed E-state index contributed by atoms with van der Waals surface area (Å²) in [5.74, 6) is 0. The van der Waals surface area contributed by atoms with Crippen molar-refractivity contribution >= 4 is 0 Å². The maximum Gasteiger partial charge on any atom is 0.0883 e. The van der Waals surface area contributed by atoms with E-state index in [4.69, 9.17) is 0 Å². The van der Waals surface area contributed by atoms with Gasteiger partial charge in [0.2, 0.25) is 0 Å². The van der Waals surface area contributed by atoms with Gasteiger partial charge in [-0.1, -0.05) is 77.4 Å². The first-order valence-electron chi connectivity index (χ1n) is 11.6. The van der Waals surface area contributed by atoms with Crippen LogP contribution in [0.2, 0.25) is 0 Å². The third-order valence-electron chi connectivity index (χ3n) is 6.07. The molecular weight excluding hydrogens is 302 g/mol. The van der Waals surface area contributed by atoms with Gasteiger partial charge in [-0.25, -0.2) is 0 Å². The lowest BCUT2D eigenvalue weighted by Gasteiger charge is -2.37. The Kier molecular flexibility index (Phi) is 16.9. The molecule has 1 heteroatoms. The van der Waals surface area contributed by atoms with E-state index in [2.05, 4.69) is 47.0 Å². The van der Waals surface area contributed by atoms with Gasteiger partial charge in [-0.2, -0.15) is 0 Å². The number of allylic oxidation sites excluding steroid dienone is 2. The van der Waals surface area contributed by atoms with Crippen LogP contribution in [0, 0.1) is 0 Å². The summed E-state index contributed by atoms with van der Waals surface area (Å²) in [6, 6.07) is 0.856. The van der Waals surface area contributed by atoms with Gasteiger partial charge in [0.25, 0.3) is 0 Å². The van der Waals surface area contributed by atoms with Gasteiger partial charge in [0.1, 0.15) is 0 Å². The largest absolute Gasteiger partial charge is 0.326 e. The topological polar surface area (TPSA) is 0 Å². The van der Waals surface area contributed by atoms with Gasteiger partial charge in [-0.15, -0.1) is 0 Å². The summed E-state index contributed by atoms with van der Waals surface area (Å²) in [7, 11) is 4.79. The van der Waals surface area contributed by atoms with E-state index >= 15 is 0 Å². The highest BCUT2D eigenvalue weighted by molar-refractivity contribution is 4.81. The second-order valence-electron chi connectivity index (χ2n) is 8.53. The Morgan fingerprint density at radius 3 is 1.60 bits per heavy atom. The van der Waals surface area contributed by atoms with Crippen molar-refractivity contribution in [2.24, 2.45) is 0 Å². The van der Waals surface area contributed by atoms with Crippen molar-refractivity contribution in [2.45, 2.75) is 123 Å². The number of nitrogens with zero attached hydrogens (tertiary/aromatic N) is 1. The summed E-state index contributed by atoms with van der Waals surface area (Å²) in [4.78, 5) is 0. The first kappa shape index (κ1) is 24.7. The van der Waals surface area contributed by atoms with E-state index in [1.807, 2.05) is 0 Å². The number of hydrogen-bond donors (Lipinski definition) is 0. The molecule has 0 saturated carbocycles. The Morgan fingerprint density at radius 2 is 1.12 bits per heavy atom. The Balaban J connectivity index is 3.39. The molecule has 1 unspecified atom stereocenters. The van der Waals surface area contributed by atoms with Crippen molar-refractivity contribution in [3.8, 4) is 0 Å². The summed E-state index contributed by atoms with van der Waals surface area (Å²) in [5, 5.41) is 0. The van der Waals surface area contributed by atoms with Crippen molar-refractivity contribution in [2.75, 3.05) is 20.6 Å². The molecule has 0 aromatic rings. The van der Waals surface area contributed by atoms with Crippen LogP contribution in [-0.4, -0.2) is 31.2 Å².